The van der Waals surface area contributed by atoms with Crippen LogP contribution in [0.25, 0.3) is 0 Å². The highest BCUT2D eigenvalue weighted by molar-refractivity contribution is 5.47. The Morgan fingerprint density at radius 3 is 3.00 bits per heavy atom. The molecule has 0 radical (unpaired) electrons. The molecule has 3 N–H and O–H groups in total. The van der Waals surface area contributed by atoms with E-state index in [-0.39, 0.29) is 0 Å². The van der Waals surface area contributed by atoms with Crippen LogP contribution in [0.2, 0.25) is 0 Å². The largest absolute Gasteiger partial charge is 0.508 e. The van der Waals surface area contributed by atoms with Crippen molar-refractivity contribution < 1.29 is 9.84 Å². The van der Waals surface area contributed by atoms with Crippen molar-refractivity contribution in [2.45, 2.75) is 25.9 Å². The third-order valence-corrected chi connectivity index (χ3v) is 2.97. The number of phenolic OH excluding ortho intramolecular Hbond substituents is 1. The van der Waals surface area contributed by atoms with Crippen LogP contribution in [0.1, 0.15) is 18.9 Å². The summed E-state index contributed by atoms with van der Waals surface area (Å²) < 4.78 is 5.23. The van der Waals surface area contributed by atoms with Gasteiger partial charge in [-0.25, -0.2) is 0 Å². The van der Waals surface area contributed by atoms with E-state index in [1.807, 2.05) is 6.07 Å². The number of aryl methyl sites for hydroxylation is 1. The standard InChI is InChI=1S/C12H17NO2/c1-8(12-7-15-12)2-3-9-6-10(13)4-5-11(9)14/h4-6,8,12,14H,2-3,7,13H2,1H3. The number of benzene rings is 1. The van der Waals surface area contributed by atoms with E-state index in [0.717, 1.165) is 25.0 Å². The minimum Gasteiger partial charge on any atom is -0.508 e. The Balaban J connectivity index is 1.94. The number of nitrogens with two attached hydrogens (primary N) is 1. The van der Waals surface area contributed by atoms with E-state index in [1.165, 1.54) is 0 Å². The molecule has 1 aromatic rings. The minimum atomic E-state index is 0.341. The fraction of sp³-hybridized carbons (Fsp3) is 0.500. The first-order valence-corrected chi connectivity index (χ1v) is 5.36. The van der Waals surface area contributed by atoms with E-state index in [1.54, 1.807) is 12.1 Å². The average molecular weight is 207 g/mol. The second kappa shape index (κ2) is 4.11. The Morgan fingerprint density at radius 1 is 1.60 bits per heavy atom. The minimum absolute atomic E-state index is 0.341. The molecule has 0 saturated carbocycles. The average Bonchev–Trinajstić information content (AvgIpc) is 3.02. The van der Waals surface area contributed by atoms with Crippen LogP contribution in [-0.2, 0) is 11.2 Å². The van der Waals surface area contributed by atoms with E-state index in [2.05, 4.69) is 6.92 Å². The molecule has 1 heterocycles. The molecular formula is C12H17NO2. The van der Waals surface area contributed by atoms with Gasteiger partial charge in [0.05, 0.1) is 12.7 Å². The normalized spacial score (nSPS) is 21.3. The molecule has 1 aliphatic rings. The summed E-state index contributed by atoms with van der Waals surface area (Å²) in [6.07, 6.45) is 2.33. The highest BCUT2D eigenvalue weighted by atomic mass is 16.6. The third kappa shape index (κ3) is 2.63. The van der Waals surface area contributed by atoms with Crippen molar-refractivity contribution in [1.29, 1.82) is 0 Å². The number of hydrogen-bond acceptors (Lipinski definition) is 3. The summed E-state index contributed by atoms with van der Waals surface area (Å²) in [6.45, 7) is 3.07. The third-order valence-electron chi connectivity index (χ3n) is 2.97. The quantitative estimate of drug-likeness (QED) is 0.450. The fourth-order valence-electron chi connectivity index (χ4n) is 1.76. The topological polar surface area (TPSA) is 58.8 Å². The molecule has 0 aliphatic carbocycles. The number of phenols is 1. The number of aromatic hydroxyl groups is 1. The lowest BCUT2D eigenvalue weighted by Gasteiger charge is -2.09. The monoisotopic (exact) mass is 207 g/mol. The first kappa shape index (κ1) is 10.3. The van der Waals surface area contributed by atoms with Crippen molar-refractivity contribution in [3.63, 3.8) is 0 Å². The molecule has 0 aromatic heterocycles. The number of hydrogen-bond donors (Lipinski definition) is 2. The lowest BCUT2D eigenvalue weighted by atomic mass is 9.98. The van der Waals surface area contributed by atoms with Crippen LogP contribution in [0.15, 0.2) is 18.2 Å². The molecule has 1 aromatic carbocycles. The summed E-state index contributed by atoms with van der Waals surface area (Å²) in [7, 11) is 0. The summed E-state index contributed by atoms with van der Waals surface area (Å²) in [5.74, 6) is 0.902. The fourth-order valence-corrected chi connectivity index (χ4v) is 1.76. The van der Waals surface area contributed by atoms with Crippen LogP contribution in [-0.4, -0.2) is 17.8 Å². The predicted molar refractivity (Wildman–Crippen MR) is 59.7 cm³/mol. The maximum absolute atomic E-state index is 9.62. The van der Waals surface area contributed by atoms with E-state index in [0.29, 0.717) is 23.5 Å². The molecule has 1 saturated heterocycles. The molecule has 2 rings (SSSR count). The molecule has 0 bridgehead atoms. The maximum atomic E-state index is 9.62. The van der Waals surface area contributed by atoms with Crippen LogP contribution in [0, 0.1) is 5.92 Å². The van der Waals surface area contributed by atoms with Gasteiger partial charge in [0.15, 0.2) is 0 Å². The van der Waals surface area contributed by atoms with Crippen molar-refractivity contribution in [3.05, 3.63) is 23.8 Å². The van der Waals surface area contributed by atoms with Crippen molar-refractivity contribution >= 4 is 5.69 Å². The Hall–Kier alpha value is -1.22. The number of anilines is 1. The Kier molecular flexibility index (Phi) is 2.82. The summed E-state index contributed by atoms with van der Waals surface area (Å²) in [5, 5.41) is 9.62. The van der Waals surface area contributed by atoms with Gasteiger partial charge in [0, 0.05) is 5.69 Å². The molecule has 15 heavy (non-hydrogen) atoms. The first-order chi connectivity index (χ1) is 7.16. The summed E-state index contributed by atoms with van der Waals surface area (Å²) in [4.78, 5) is 0. The van der Waals surface area contributed by atoms with Gasteiger partial charge in [0.25, 0.3) is 0 Å². The second-order valence-corrected chi connectivity index (χ2v) is 4.28. The van der Waals surface area contributed by atoms with Crippen LogP contribution in [0.5, 0.6) is 5.75 Å². The first-order valence-electron chi connectivity index (χ1n) is 5.36. The Morgan fingerprint density at radius 2 is 2.33 bits per heavy atom. The molecule has 82 valence electrons. The van der Waals surface area contributed by atoms with Gasteiger partial charge in [-0.3, -0.25) is 0 Å². The van der Waals surface area contributed by atoms with E-state index < -0.39 is 0 Å². The molecule has 0 amide bonds. The highest BCUT2D eigenvalue weighted by Crippen LogP contribution is 2.27. The van der Waals surface area contributed by atoms with Crippen molar-refractivity contribution in [1.82, 2.24) is 0 Å². The zero-order chi connectivity index (χ0) is 10.8. The lowest BCUT2D eigenvalue weighted by Crippen LogP contribution is -2.05. The predicted octanol–water partition coefficient (Wildman–Crippen LogP) is 1.94. The van der Waals surface area contributed by atoms with Crippen LogP contribution >= 0.6 is 0 Å². The van der Waals surface area contributed by atoms with E-state index in [9.17, 15) is 5.11 Å². The molecule has 2 unspecified atom stereocenters. The SMILES string of the molecule is CC(CCc1cc(N)ccc1O)C1CO1. The summed E-state index contributed by atoms with van der Waals surface area (Å²) in [6, 6.07) is 5.21. The van der Waals surface area contributed by atoms with Gasteiger partial charge in [0.2, 0.25) is 0 Å². The van der Waals surface area contributed by atoms with Gasteiger partial charge in [-0.15, -0.1) is 0 Å². The molecule has 3 heteroatoms. The molecule has 3 nitrogen and oxygen atoms in total. The smallest absolute Gasteiger partial charge is 0.118 e. The zero-order valence-corrected chi connectivity index (χ0v) is 8.94. The van der Waals surface area contributed by atoms with Gasteiger partial charge in [0.1, 0.15) is 5.75 Å². The number of ether oxygens (including phenoxy) is 1. The maximum Gasteiger partial charge on any atom is 0.118 e. The van der Waals surface area contributed by atoms with Gasteiger partial charge in [-0.1, -0.05) is 6.92 Å². The summed E-state index contributed by atoms with van der Waals surface area (Å²) >= 11 is 0. The van der Waals surface area contributed by atoms with E-state index in [4.69, 9.17) is 10.5 Å². The Labute approximate surface area is 89.9 Å². The number of epoxide rings is 1. The van der Waals surface area contributed by atoms with Crippen LogP contribution in [0.4, 0.5) is 5.69 Å². The molecule has 0 spiro atoms. The van der Waals surface area contributed by atoms with Crippen LogP contribution in [0.3, 0.4) is 0 Å². The van der Waals surface area contributed by atoms with Crippen molar-refractivity contribution in [2.75, 3.05) is 12.3 Å². The number of nitrogen functional groups attached to an aromatic ring is 1. The highest BCUT2D eigenvalue weighted by Gasteiger charge is 2.28. The van der Waals surface area contributed by atoms with Gasteiger partial charge in [-0.2, -0.15) is 0 Å². The zero-order valence-electron chi connectivity index (χ0n) is 8.94. The Bertz CT molecular complexity index is 347. The molecule has 2 atom stereocenters. The number of rotatable bonds is 4. The van der Waals surface area contributed by atoms with Crippen LogP contribution < -0.4 is 5.73 Å². The van der Waals surface area contributed by atoms with Gasteiger partial charge >= 0.3 is 0 Å². The van der Waals surface area contributed by atoms with Gasteiger partial charge < -0.3 is 15.6 Å². The van der Waals surface area contributed by atoms with Crippen molar-refractivity contribution in [2.24, 2.45) is 5.92 Å². The van der Waals surface area contributed by atoms with Gasteiger partial charge in [-0.05, 0) is 42.5 Å². The summed E-state index contributed by atoms with van der Waals surface area (Å²) in [5.41, 5.74) is 7.31. The molecular weight excluding hydrogens is 190 g/mol. The molecule has 1 fully saturated rings. The van der Waals surface area contributed by atoms with Crippen molar-refractivity contribution in [3.8, 4) is 5.75 Å². The van der Waals surface area contributed by atoms with E-state index >= 15 is 0 Å². The lowest BCUT2D eigenvalue weighted by molar-refractivity contribution is 0.330. The molecule has 1 aliphatic heterocycles. The second-order valence-electron chi connectivity index (χ2n) is 4.28.